The Morgan fingerprint density at radius 2 is 1.89 bits per heavy atom. The maximum Gasteiger partial charge on any atom is 0.230 e. The van der Waals surface area contributed by atoms with Crippen LogP contribution in [-0.2, 0) is 28.1 Å². The smallest absolute Gasteiger partial charge is 0.230 e. The first-order valence-electron chi connectivity index (χ1n) is 16.0. The average Bonchev–Trinajstić information content (AvgIpc) is 3.78. The van der Waals surface area contributed by atoms with Gasteiger partial charge < -0.3 is 29.7 Å². The number of rotatable bonds is 11. The van der Waals surface area contributed by atoms with Crippen molar-refractivity contribution in [2.45, 2.75) is 63.3 Å². The number of aromatic nitrogens is 1. The Kier molecular flexibility index (Phi) is 10.3. The maximum absolute atomic E-state index is 14.3. The van der Waals surface area contributed by atoms with E-state index in [1.807, 2.05) is 48.2 Å². The minimum Gasteiger partial charge on any atom is -0.485 e. The van der Waals surface area contributed by atoms with Crippen molar-refractivity contribution in [3.8, 4) is 5.75 Å². The van der Waals surface area contributed by atoms with Crippen molar-refractivity contribution in [3.63, 3.8) is 0 Å². The zero-order valence-electron chi connectivity index (χ0n) is 26.3. The summed E-state index contributed by atoms with van der Waals surface area (Å²) >= 11 is 19.4. The number of aryl methyl sites for hydroxylation is 1. The number of anilines is 1. The Morgan fingerprint density at radius 3 is 2.59 bits per heavy atom. The molecule has 1 aliphatic carbocycles. The second kappa shape index (κ2) is 14.3. The molecule has 3 aliphatic rings. The Morgan fingerprint density at radius 1 is 1.11 bits per heavy atom. The standard InChI is InChI=1S/C35H41Cl3N4O4/c1-22-15-30(37)33(31(38)16-22)46-27-9-13-41(21-27)32-8-4-25(18-40-32)35(44)11-12-39-19-28(35)34(43)42(26-5-6-26)20-24-17-23(10-14-45-2)3-7-29(24)36/h3-4,7-8,15-18,26-28,39,44H,5-6,9-14,19-21H2,1-2H3/t27-,28?,35?/m1/s1. The van der Waals surface area contributed by atoms with Crippen molar-refractivity contribution in [3.05, 3.63) is 86.0 Å². The molecule has 0 bridgehead atoms. The summed E-state index contributed by atoms with van der Waals surface area (Å²) in [7, 11) is 1.69. The van der Waals surface area contributed by atoms with E-state index >= 15 is 0 Å². The molecule has 3 aromatic rings. The molecule has 2 aromatic carbocycles. The van der Waals surface area contributed by atoms with Gasteiger partial charge in [0.15, 0.2) is 5.75 Å². The molecule has 1 aromatic heterocycles. The van der Waals surface area contributed by atoms with Gasteiger partial charge in [0, 0.05) is 56.0 Å². The van der Waals surface area contributed by atoms with Gasteiger partial charge in [-0.2, -0.15) is 0 Å². The molecule has 46 heavy (non-hydrogen) atoms. The van der Waals surface area contributed by atoms with Crippen molar-refractivity contribution < 1.29 is 19.4 Å². The molecule has 2 saturated heterocycles. The topological polar surface area (TPSA) is 87.2 Å². The minimum absolute atomic E-state index is 0.0624. The highest BCUT2D eigenvalue weighted by Gasteiger charge is 2.48. The number of aliphatic hydroxyl groups is 1. The molecule has 1 amide bonds. The van der Waals surface area contributed by atoms with Gasteiger partial charge in [-0.1, -0.05) is 53.0 Å². The second-order valence-corrected chi connectivity index (χ2v) is 14.0. The molecule has 11 heteroatoms. The number of halogens is 3. The van der Waals surface area contributed by atoms with Crippen LogP contribution in [0.2, 0.25) is 15.1 Å². The number of nitrogens with one attached hydrogen (secondary N) is 1. The third kappa shape index (κ3) is 7.28. The minimum atomic E-state index is -1.35. The van der Waals surface area contributed by atoms with Gasteiger partial charge in [-0.3, -0.25) is 4.79 Å². The normalized spacial score (nSPS) is 23.0. The number of hydrogen-bond acceptors (Lipinski definition) is 7. The number of ether oxygens (including phenoxy) is 2. The number of hydrogen-bond donors (Lipinski definition) is 2. The lowest BCUT2D eigenvalue weighted by atomic mass is 9.76. The lowest BCUT2D eigenvalue weighted by molar-refractivity contribution is -0.150. The van der Waals surface area contributed by atoms with Gasteiger partial charge in [-0.05, 0) is 80.1 Å². The lowest BCUT2D eigenvalue weighted by Gasteiger charge is -2.42. The van der Waals surface area contributed by atoms with Gasteiger partial charge in [0.2, 0.25) is 5.91 Å². The molecular formula is C35H41Cl3N4O4. The zero-order chi connectivity index (χ0) is 32.4. The number of methoxy groups -OCH3 is 1. The van der Waals surface area contributed by atoms with Crippen molar-refractivity contribution in [2.24, 2.45) is 5.92 Å². The summed E-state index contributed by atoms with van der Waals surface area (Å²) in [4.78, 5) is 23.1. The summed E-state index contributed by atoms with van der Waals surface area (Å²) in [5.41, 5.74) is 2.31. The van der Waals surface area contributed by atoms with Crippen molar-refractivity contribution >= 4 is 46.5 Å². The first kappa shape index (κ1) is 33.3. The van der Waals surface area contributed by atoms with Crippen LogP contribution in [0, 0.1) is 12.8 Å². The summed E-state index contributed by atoms with van der Waals surface area (Å²) in [5.74, 6) is 0.583. The van der Waals surface area contributed by atoms with Crippen LogP contribution in [0.1, 0.15) is 47.9 Å². The van der Waals surface area contributed by atoms with Crippen LogP contribution >= 0.6 is 34.8 Å². The van der Waals surface area contributed by atoms with Crippen molar-refractivity contribution in [2.75, 3.05) is 44.8 Å². The molecule has 2 N–H and O–H groups in total. The van der Waals surface area contributed by atoms with E-state index in [9.17, 15) is 9.90 Å². The molecule has 3 heterocycles. The van der Waals surface area contributed by atoms with Crippen LogP contribution in [-0.4, -0.2) is 72.9 Å². The van der Waals surface area contributed by atoms with E-state index in [4.69, 9.17) is 49.3 Å². The van der Waals surface area contributed by atoms with Crippen molar-refractivity contribution in [1.29, 1.82) is 0 Å². The fraction of sp³-hybridized carbons (Fsp3) is 0.486. The van der Waals surface area contributed by atoms with Crippen LogP contribution in [0.25, 0.3) is 0 Å². The summed E-state index contributed by atoms with van der Waals surface area (Å²) in [5, 5.41) is 17.2. The van der Waals surface area contributed by atoms with E-state index in [0.29, 0.717) is 65.6 Å². The number of piperidine rings is 1. The molecular weight excluding hydrogens is 647 g/mol. The van der Waals surface area contributed by atoms with E-state index in [1.165, 1.54) is 0 Å². The molecule has 2 aliphatic heterocycles. The highest BCUT2D eigenvalue weighted by Crippen LogP contribution is 2.40. The molecule has 3 atom stereocenters. The molecule has 0 spiro atoms. The van der Waals surface area contributed by atoms with Crippen LogP contribution in [0.4, 0.5) is 5.82 Å². The third-order valence-corrected chi connectivity index (χ3v) is 10.3. The van der Waals surface area contributed by atoms with Crippen LogP contribution in [0.5, 0.6) is 5.75 Å². The quantitative estimate of drug-likeness (QED) is 0.249. The number of pyridine rings is 1. The summed E-state index contributed by atoms with van der Waals surface area (Å²) in [6, 6.07) is 13.6. The Labute approximate surface area is 285 Å². The predicted octanol–water partition coefficient (Wildman–Crippen LogP) is 6.19. The SMILES string of the molecule is COCCc1ccc(Cl)c(CN(C(=O)C2CNCCC2(O)c2ccc(N3CC[C@@H](Oc4c(Cl)cc(C)cc4Cl)C3)nc2)C2CC2)c1. The zero-order valence-corrected chi connectivity index (χ0v) is 28.5. The number of carbonyl (C=O) groups is 1. The Bertz CT molecular complexity index is 1530. The Hall–Kier alpha value is -2.59. The predicted molar refractivity (Wildman–Crippen MR) is 182 cm³/mol. The van der Waals surface area contributed by atoms with Gasteiger partial charge in [0.25, 0.3) is 0 Å². The van der Waals surface area contributed by atoms with Gasteiger partial charge in [-0.15, -0.1) is 0 Å². The van der Waals surface area contributed by atoms with E-state index in [0.717, 1.165) is 54.7 Å². The van der Waals surface area contributed by atoms with E-state index in [-0.39, 0.29) is 18.1 Å². The molecule has 8 nitrogen and oxygen atoms in total. The molecule has 246 valence electrons. The number of nitrogens with zero attached hydrogens (tertiary/aromatic N) is 3. The van der Waals surface area contributed by atoms with Crippen LogP contribution in [0.15, 0.2) is 48.7 Å². The molecule has 3 fully saturated rings. The summed E-state index contributed by atoms with van der Waals surface area (Å²) in [6.45, 7) is 5.35. The lowest BCUT2D eigenvalue weighted by Crippen LogP contribution is -2.55. The molecule has 2 unspecified atom stereocenters. The maximum atomic E-state index is 14.3. The van der Waals surface area contributed by atoms with Gasteiger partial charge in [0.05, 0.1) is 29.1 Å². The Balaban J connectivity index is 1.16. The fourth-order valence-electron chi connectivity index (χ4n) is 6.61. The first-order chi connectivity index (χ1) is 22.2. The fourth-order valence-corrected chi connectivity index (χ4v) is 7.48. The van der Waals surface area contributed by atoms with E-state index < -0.39 is 11.5 Å². The molecule has 0 radical (unpaired) electrons. The molecule has 1 saturated carbocycles. The van der Waals surface area contributed by atoms with Crippen LogP contribution < -0.4 is 15.0 Å². The van der Waals surface area contributed by atoms with E-state index in [1.54, 1.807) is 13.3 Å². The van der Waals surface area contributed by atoms with Gasteiger partial charge >= 0.3 is 0 Å². The van der Waals surface area contributed by atoms with Crippen molar-refractivity contribution in [1.82, 2.24) is 15.2 Å². The summed E-state index contributed by atoms with van der Waals surface area (Å²) in [6.07, 6.45) is 5.51. The number of amides is 1. The first-order valence-corrected chi connectivity index (χ1v) is 17.1. The summed E-state index contributed by atoms with van der Waals surface area (Å²) < 4.78 is 11.5. The van der Waals surface area contributed by atoms with E-state index in [2.05, 4.69) is 16.3 Å². The average molecular weight is 688 g/mol. The van der Waals surface area contributed by atoms with Gasteiger partial charge in [0.1, 0.15) is 17.5 Å². The van der Waals surface area contributed by atoms with Gasteiger partial charge in [-0.25, -0.2) is 4.98 Å². The largest absolute Gasteiger partial charge is 0.485 e. The highest BCUT2D eigenvalue weighted by molar-refractivity contribution is 6.37. The monoisotopic (exact) mass is 686 g/mol. The third-order valence-electron chi connectivity index (χ3n) is 9.37. The number of carbonyl (C=O) groups excluding carboxylic acids is 1. The van der Waals surface area contributed by atoms with Crippen LogP contribution in [0.3, 0.4) is 0 Å². The number of benzene rings is 2. The highest BCUT2D eigenvalue weighted by atomic mass is 35.5. The second-order valence-electron chi connectivity index (χ2n) is 12.7. The molecule has 6 rings (SSSR count).